The molecule has 0 fully saturated rings. The summed E-state index contributed by atoms with van der Waals surface area (Å²) in [5.74, 6) is -0.180. The third-order valence-corrected chi connectivity index (χ3v) is 3.44. The Bertz CT molecular complexity index is 408. The Labute approximate surface area is 85.9 Å². The molecule has 78 valence electrons. The van der Waals surface area contributed by atoms with E-state index in [2.05, 4.69) is 9.97 Å². The molecule has 0 aliphatic rings. The lowest BCUT2D eigenvalue weighted by Gasteiger charge is -1.98. The van der Waals surface area contributed by atoms with E-state index in [1.807, 2.05) is 0 Å². The molecule has 0 saturated carbocycles. The molecule has 1 aromatic rings. The van der Waals surface area contributed by atoms with Crippen LogP contribution in [0.3, 0.4) is 0 Å². The molecule has 1 rings (SSSR count). The van der Waals surface area contributed by atoms with Crippen molar-refractivity contribution in [1.82, 2.24) is 9.97 Å². The van der Waals surface area contributed by atoms with E-state index >= 15 is 0 Å². The summed E-state index contributed by atoms with van der Waals surface area (Å²) >= 11 is 1.19. The second-order valence-corrected chi connectivity index (χ2v) is 6.03. The van der Waals surface area contributed by atoms with Crippen molar-refractivity contribution in [3.8, 4) is 0 Å². The van der Waals surface area contributed by atoms with Crippen LogP contribution in [0.1, 0.15) is 0 Å². The molecule has 7 heteroatoms. The first-order valence-corrected chi connectivity index (χ1v) is 6.80. The van der Waals surface area contributed by atoms with E-state index in [1.165, 1.54) is 17.8 Å². The SMILES string of the molecule is CS(=O)(=O)CCSc1cc(F)ncn1. The lowest BCUT2D eigenvalue weighted by Crippen LogP contribution is -2.05. The van der Waals surface area contributed by atoms with Gasteiger partial charge >= 0.3 is 0 Å². The molecule has 0 aromatic carbocycles. The molecule has 0 aliphatic heterocycles. The van der Waals surface area contributed by atoms with Gasteiger partial charge in [0, 0.05) is 18.1 Å². The highest BCUT2D eigenvalue weighted by atomic mass is 32.2. The summed E-state index contributed by atoms with van der Waals surface area (Å²) in [5.41, 5.74) is 0. The second kappa shape index (κ2) is 4.70. The number of thioether (sulfide) groups is 1. The van der Waals surface area contributed by atoms with Crippen molar-refractivity contribution < 1.29 is 12.8 Å². The largest absolute Gasteiger partial charge is 0.230 e. The van der Waals surface area contributed by atoms with Gasteiger partial charge in [0.05, 0.1) is 5.75 Å². The van der Waals surface area contributed by atoms with E-state index in [1.54, 1.807) is 0 Å². The quantitative estimate of drug-likeness (QED) is 0.570. The Morgan fingerprint density at radius 3 is 2.79 bits per heavy atom. The first-order chi connectivity index (χ1) is 6.47. The zero-order valence-corrected chi connectivity index (χ0v) is 9.11. The molecule has 4 nitrogen and oxygen atoms in total. The summed E-state index contributed by atoms with van der Waals surface area (Å²) in [7, 11) is -2.96. The van der Waals surface area contributed by atoms with Crippen LogP contribution in [0.2, 0.25) is 0 Å². The van der Waals surface area contributed by atoms with Crippen molar-refractivity contribution in [1.29, 1.82) is 0 Å². The maximum atomic E-state index is 12.5. The first kappa shape index (κ1) is 11.4. The van der Waals surface area contributed by atoms with Gasteiger partial charge in [-0.3, -0.25) is 0 Å². The molecule has 0 amide bonds. The Morgan fingerprint density at radius 1 is 1.50 bits per heavy atom. The zero-order valence-electron chi connectivity index (χ0n) is 7.47. The van der Waals surface area contributed by atoms with Crippen molar-refractivity contribution >= 4 is 21.6 Å². The summed E-state index contributed by atoms with van der Waals surface area (Å²) in [5, 5.41) is 0.446. The van der Waals surface area contributed by atoms with Crippen LogP contribution in [0.25, 0.3) is 0 Å². The molecular weight excluding hydrogens is 227 g/mol. The predicted molar refractivity (Wildman–Crippen MR) is 52.4 cm³/mol. The van der Waals surface area contributed by atoms with Gasteiger partial charge in [-0.2, -0.15) is 4.39 Å². The Kier molecular flexibility index (Phi) is 3.82. The number of aromatic nitrogens is 2. The summed E-state index contributed by atoms with van der Waals surface area (Å²) < 4.78 is 34.1. The summed E-state index contributed by atoms with van der Waals surface area (Å²) in [6.07, 6.45) is 2.27. The standard InChI is InChI=1S/C7H9FN2O2S2/c1-14(11,12)3-2-13-7-4-6(8)9-5-10-7/h4-5H,2-3H2,1H3. The number of hydrogen-bond donors (Lipinski definition) is 0. The molecule has 14 heavy (non-hydrogen) atoms. The third kappa shape index (κ3) is 4.52. The van der Waals surface area contributed by atoms with Crippen LogP contribution in [-0.2, 0) is 9.84 Å². The molecule has 0 bridgehead atoms. The van der Waals surface area contributed by atoms with Gasteiger partial charge in [-0.25, -0.2) is 18.4 Å². The number of nitrogens with zero attached hydrogens (tertiary/aromatic N) is 2. The van der Waals surface area contributed by atoms with Crippen LogP contribution in [0, 0.1) is 5.95 Å². The zero-order chi connectivity index (χ0) is 10.6. The van der Waals surface area contributed by atoms with E-state index < -0.39 is 15.8 Å². The van der Waals surface area contributed by atoms with Gasteiger partial charge in [-0.15, -0.1) is 11.8 Å². The number of sulfone groups is 1. The fourth-order valence-corrected chi connectivity index (χ4v) is 2.75. The molecule has 1 aromatic heterocycles. The molecular formula is C7H9FN2O2S2. The molecule has 0 N–H and O–H groups in total. The average molecular weight is 236 g/mol. The van der Waals surface area contributed by atoms with Gasteiger partial charge in [0.2, 0.25) is 5.95 Å². The molecule has 1 heterocycles. The van der Waals surface area contributed by atoms with Crippen molar-refractivity contribution in [2.45, 2.75) is 5.03 Å². The van der Waals surface area contributed by atoms with E-state index in [-0.39, 0.29) is 5.75 Å². The van der Waals surface area contributed by atoms with Crippen LogP contribution in [0.4, 0.5) is 4.39 Å². The fourth-order valence-electron chi connectivity index (χ4n) is 0.694. The van der Waals surface area contributed by atoms with Gasteiger partial charge in [0.15, 0.2) is 0 Å². The summed E-state index contributed by atoms with van der Waals surface area (Å²) in [6, 6.07) is 1.17. The Morgan fingerprint density at radius 2 is 2.21 bits per heavy atom. The van der Waals surface area contributed by atoms with Crippen LogP contribution in [0.15, 0.2) is 17.4 Å². The van der Waals surface area contributed by atoms with E-state index in [9.17, 15) is 12.8 Å². The van der Waals surface area contributed by atoms with E-state index in [4.69, 9.17) is 0 Å². The number of rotatable bonds is 4. The minimum Gasteiger partial charge on any atom is -0.230 e. The highest BCUT2D eigenvalue weighted by molar-refractivity contribution is 8.00. The minimum atomic E-state index is -2.96. The van der Waals surface area contributed by atoms with Gasteiger partial charge < -0.3 is 0 Å². The summed E-state index contributed by atoms with van der Waals surface area (Å²) in [4.78, 5) is 7.06. The van der Waals surface area contributed by atoms with Crippen molar-refractivity contribution in [3.05, 3.63) is 18.3 Å². The molecule has 0 spiro atoms. The normalized spacial score (nSPS) is 11.6. The molecule has 0 radical (unpaired) electrons. The molecule has 0 saturated heterocycles. The second-order valence-electron chi connectivity index (χ2n) is 2.66. The topological polar surface area (TPSA) is 59.9 Å². The maximum Gasteiger partial charge on any atom is 0.217 e. The van der Waals surface area contributed by atoms with Crippen LogP contribution in [-0.4, -0.2) is 36.1 Å². The first-order valence-electron chi connectivity index (χ1n) is 3.75. The van der Waals surface area contributed by atoms with Gasteiger partial charge in [0.1, 0.15) is 21.2 Å². The van der Waals surface area contributed by atoms with Crippen molar-refractivity contribution in [2.75, 3.05) is 17.8 Å². The number of hydrogen-bond acceptors (Lipinski definition) is 5. The van der Waals surface area contributed by atoms with Gasteiger partial charge in [-0.05, 0) is 0 Å². The van der Waals surface area contributed by atoms with E-state index in [0.29, 0.717) is 10.8 Å². The van der Waals surface area contributed by atoms with E-state index in [0.717, 1.165) is 12.6 Å². The van der Waals surface area contributed by atoms with Gasteiger partial charge in [0.25, 0.3) is 0 Å². The smallest absolute Gasteiger partial charge is 0.217 e. The fraction of sp³-hybridized carbons (Fsp3) is 0.429. The average Bonchev–Trinajstić information content (AvgIpc) is 2.01. The van der Waals surface area contributed by atoms with Gasteiger partial charge in [-0.1, -0.05) is 0 Å². The molecule has 0 unspecified atom stereocenters. The lowest BCUT2D eigenvalue weighted by atomic mass is 10.7. The third-order valence-electron chi connectivity index (χ3n) is 1.31. The predicted octanol–water partition coefficient (Wildman–Crippen LogP) is 0.752. The van der Waals surface area contributed by atoms with Crippen molar-refractivity contribution in [2.24, 2.45) is 0 Å². The number of halogens is 1. The summed E-state index contributed by atoms with van der Waals surface area (Å²) in [6.45, 7) is 0. The van der Waals surface area contributed by atoms with Crippen LogP contribution >= 0.6 is 11.8 Å². The maximum absolute atomic E-state index is 12.5. The highest BCUT2D eigenvalue weighted by Gasteiger charge is 2.03. The van der Waals surface area contributed by atoms with Crippen LogP contribution in [0.5, 0.6) is 0 Å². The lowest BCUT2D eigenvalue weighted by molar-refractivity contribution is 0.572. The van der Waals surface area contributed by atoms with Crippen LogP contribution < -0.4 is 0 Å². The van der Waals surface area contributed by atoms with Crippen molar-refractivity contribution in [3.63, 3.8) is 0 Å². The molecule has 0 atom stereocenters. The highest BCUT2D eigenvalue weighted by Crippen LogP contribution is 2.14. The Hall–Kier alpha value is -0.690. The minimum absolute atomic E-state index is 0.0588. The monoisotopic (exact) mass is 236 g/mol. The molecule has 0 aliphatic carbocycles. The Balaban J connectivity index is 2.47.